The van der Waals surface area contributed by atoms with Crippen molar-refractivity contribution in [2.45, 2.75) is 31.2 Å². The van der Waals surface area contributed by atoms with Crippen molar-refractivity contribution in [3.63, 3.8) is 0 Å². The summed E-state index contributed by atoms with van der Waals surface area (Å²) in [6.45, 7) is 0. The van der Waals surface area contributed by atoms with Gasteiger partial charge >= 0.3 is 0 Å². The smallest absolute Gasteiger partial charge is 0.123 e. The highest BCUT2D eigenvalue weighted by Gasteiger charge is 2.57. The normalized spacial score (nSPS) is 34.1. The molecule has 0 saturated heterocycles. The molecule has 2 aliphatic rings. The quantitative estimate of drug-likeness (QED) is 0.806. The summed E-state index contributed by atoms with van der Waals surface area (Å²) < 4.78 is 13.0. The predicted molar refractivity (Wildman–Crippen MR) is 57.9 cm³/mol. The van der Waals surface area contributed by atoms with E-state index in [1.807, 2.05) is 6.07 Å². The Balaban J connectivity index is 1.70. The number of hydrogen-bond donors (Lipinski definition) is 1. The van der Waals surface area contributed by atoms with Gasteiger partial charge in [0.1, 0.15) is 5.82 Å². The molecule has 2 fully saturated rings. The lowest BCUT2D eigenvalue weighted by Crippen LogP contribution is -2.28. The Morgan fingerprint density at radius 3 is 2.87 bits per heavy atom. The van der Waals surface area contributed by atoms with Crippen molar-refractivity contribution in [2.24, 2.45) is 17.6 Å². The second kappa shape index (κ2) is 3.05. The lowest BCUT2D eigenvalue weighted by Gasteiger charge is -2.11. The van der Waals surface area contributed by atoms with E-state index in [0.29, 0.717) is 5.92 Å². The maximum atomic E-state index is 13.0. The molecule has 80 valence electrons. The first-order valence-electron chi connectivity index (χ1n) is 5.71. The zero-order chi connectivity index (χ0) is 10.5. The molecule has 2 atom stereocenters. The fourth-order valence-corrected chi connectivity index (χ4v) is 2.72. The molecule has 1 aromatic carbocycles. The van der Waals surface area contributed by atoms with Gasteiger partial charge in [-0.2, -0.15) is 0 Å². The summed E-state index contributed by atoms with van der Waals surface area (Å²) in [5, 5.41) is 0. The van der Waals surface area contributed by atoms with E-state index >= 15 is 0 Å². The fraction of sp³-hybridized carbons (Fsp3) is 0.538. The van der Waals surface area contributed by atoms with Gasteiger partial charge in [0.25, 0.3) is 0 Å². The van der Waals surface area contributed by atoms with Crippen LogP contribution in [-0.2, 0) is 6.42 Å². The van der Waals surface area contributed by atoms with E-state index in [4.69, 9.17) is 5.73 Å². The van der Waals surface area contributed by atoms with E-state index in [-0.39, 0.29) is 11.4 Å². The van der Waals surface area contributed by atoms with Gasteiger partial charge in [-0.05, 0) is 55.2 Å². The highest BCUT2D eigenvalue weighted by atomic mass is 19.1. The van der Waals surface area contributed by atoms with Crippen LogP contribution in [0.25, 0.3) is 0 Å². The fourth-order valence-electron chi connectivity index (χ4n) is 2.72. The molecule has 0 amide bonds. The summed E-state index contributed by atoms with van der Waals surface area (Å²) in [4.78, 5) is 0. The van der Waals surface area contributed by atoms with Crippen molar-refractivity contribution in [1.82, 2.24) is 0 Å². The molecular weight excluding hydrogens is 189 g/mol. The summed E-state index contributed by atoms with van der Waals surface area (Å²) in [6, 6.07) is 6.83. The van der Waals surface area contributed by atoms with E-state index in [1.54, 1.807) is 12.1 Å². The predicted octanol–water partition coefficient (Wildman–Crippen LogP) is 2.50. The monoisotopic (exact) mass is 205 g/mol. The van der Waals surface area contributed by atoms with Gasteiger partial charge in [-0.15, -0.1) is 0 Å². The van der Waals surface area contributed by atoms with Crippen molar-refractivity contribution in [2.75, 3.05) is 0 Å². The molecule has 1 nitrogen and oxygen atoms in total. The molecule has 2 saturated carbocycles. The van der Waals surface area contributed by atoms with Gasteiger partial charge in [-0.1, -0.05) is 12.1 Å². The largest absolute Gasteiger partial charge is 0.325 e. The van der Waals surface area contributed by atoms with Crippen molar-refractivity contribution >= 4 is 0 Å². The highest BCUT2D eigenvalue weighted by molar-refractivity contribution is 5.24. The van der Waals surface area contributed by atoms with E-state index in [9.17, 15) is 4.39 Å². The van der Waals surface area contributed by atoms with Gasteiger partial charge in [0.05, 0.1) is 0 Å². The number of rotatable bonds is 3. The third kappa shape index (κ3) is 1.78. The van der Waals surface area contributed by atoms with Crippen LogP contribution in [0.1, 0.15) is 24.8 Å². The van der Waals surface area contributed by atoms with Gasteiger partial charge in [0.15, 0.2) is 0 Å². The van der Waals surface area contributed by atoms with Crippen LogP contribution in [-0.4, -0.2) is 5.54 Å². The number of halogens is 1. The second-order valence-electron chi connectivity index (χ2n) is 5.19. The lowest BCUT2D eigenvalue weighted by molar-refractivity contribution is 0.545. The SMILES string of the molecule is NC1(Cc2cccc(F)c2)CC1C1CC1. The van der Waals surface area contributed by atoms with Gasteiger partial charge < -0.3 is 5.73 Å². The van der Waals surface area contributed by atoms with Crippen molar-refractivity contribution < 1.29 is 4.39 Å². The third-order valence-corrected chi connectivity index (χ3v) is 3.79. The molecule has 0 aromatic heterocycles. The van der Waals surface area contributed by atoms with Crippen LogP contribution < -0.4 is 5.73 Å². The second-order valence-corrected chi connectivity index (χ2v) is 5.19. The van der Waals surface area contributed by atoms with Crippen LogP contribution >= 0.6 is 0 Å². The molecule has 2 unspecified atom stereocenters. The molecule has 2 aliphatic carbocycles. The zero-order valence-corrected chi connectivity index (χ0v) is 8.75. The summed E-state index contributed by atoms with van der Waals surface area (Å²) in [6.07, 6.45) is 4.68. The maximum absolute atomic E-state index is 13.0. The molecule has 2 N–H and O–H groups in total. The third-order valence-electron chi connectivity index (χ3n) is 3.79. The first-order valence-corrected chi connectivity index (χ1v) is 5.71. The average molecular weight is 205 g/mol. The topological polar surface area (TPSA) is 26.0 Å². The Morgan fingerprint density at radius 2 is 2.20 bits per heavy atom. The average Bonchev–Trinajstić information content (AvgIpc) is 3.01. The molecule has 2 heteroatoms. The van der Waals surface area contributed by atoms with Gasteiger partial charge in [-0.3, -0.25) is 0 Å². The van der Waals surface area contributed by atoms with E-state index < -0.39 is 0 Å². The molecule has 15 heavy (non-hydrogen) atoms. The lowest BCUT2D eigenvalue weighted by atomic mass is 10.0. The summed E-state index contributed by atoms with van der Waals surface area (Å²) in [5.74, 6) is 1.43. The highest BCUT2D eigenvalue weighted by Crippen LogP contribution is 2.56. The molecule has 0 bridgehead atoms. The van der Waals surface area contributed by atoms with Crippen LogP contribution in [0.5, 0.6) is 0 Å². The van der Waals surface area contributed by atoms with E-state index in [0.717, 1.165) is 24.3 Å². The minimum atomic E-state index is -0.153. The first-order chi connectivity index (χ1) is 7.17. The number of benzene rings is 1. The summed E-state index contributed by atoms with van der Waals surface area (Å²) in [5.41, 5.74) is 7.31. The number of hydrogen-bond acceptors (Lipinski definition) is 1. The first kappa shape index (κ1) is 9.34. The minimum Gasteiger partial charge on any atom is -0.325 e. The summed E-state index contributed by atoms with van der Waals surface area (Å²) in [7, 11) is 0. The Hall–Kier alpha value is -0.890. The standard InChI is InChI=1S/C13H16FN/c14-11-3-1-2-9(6-11)7-13(15)8-12(13)10-4-5-10/h1-3,6,10,12H,4-5,7-8,15H2. The zero-order valence-electron chi connectivity index (χ0n) is 8.75. The molecule has 3 rings (SSSR count). The molecular formula is C13H16FN. The Morgan fingerprint density at radius 1 is 1.40 bits per heavy atom. The Bertz CT molecular complexity index is 386. The van der Waals surface area contributed by atoms with Crippen LogP contribution in [0.4, 0.5) is 4.39 Å². The van der Waals surface area contributed by atoms with Crippen molar-refractivity contribution in [3.05, 3.63) is 35.6 Å². The van der Waals surface area contributed by atoms with Crippen molar-refractivity contribution in [3.8, 4) is 0 Å². The summed E-state index contributed by atoms with van der Waals surface area (Å²) >= 11 is 0. The molecule has 0 radical (unpaired) electrons. The van der Waals surface area contributed by atoms with Crippen LogP contribution in [0.3, 0.4) is 0 Å². The van der Waals surface area contributed by atoms with Crippen LogP contribution in [0.2, 0.25) is 0 Å². The van der Waals surface area contributed by atoms with E-state index in [1.165, 1.54) is 18.9 Å². The van der Waals surface area contributed by atoms with Crippen molar-refractivity contribution in [1.29, 1.82) is 0 Å². The Labute approximate surface area is 89.5 Å². The van der Waals surface area contributed by atoms with Crippen LogP contribution in [0, 0.1) is 17.7 Å². The molecule has 1 aromatic rings. The van der Waals surface area contributed by atoms with Gasteiger partial charge in [0, 0.05) is 5.54 Å². The maximum Gasteiger partial charge on any atom is 0.123 e. The van der Waals surface area contributed by atoms with E-state index in [2.05, 4.69) is 0 Å². The Kier molecular flexibility index (Phi) is 1.90. The number of nitrogens with two attached hydrogens (primary N) is 1. The van der Waals surface area contributed by atoms with Gasteiger partial charge in [0.2, 0.25) is 0 Å². The van der Waals surface area contributed by atoms with Crippen LogP contribution in [0.15, 0.2) is 24.3 Å². The molecule has 0 spiro atoms. The minimum absolute atomic E-state index is 0.0189. The molecule has 0 heterocycles. The van der Waals surface area contributed by atoms with Gasteiger partial charge in [-0.25, -0.2) is 4.39 Å². The molecule has 0 aliphatic heterocycles.